The van der Waals surface area contributed by atoms with Gasteiger partial charge in [-0.1, -0.05) is 11.6 Å². The average molecular weight is 370 g/mol. The molecule has 2 aromatic carbocycles. The van der Waals surface area contributed by atoms with E-state index < -0.39 is 5.92 Å². The summed E-state index contributed by atoms with van der Waals surface area (Å²) in [6, 6.07) is 5.64. The quantitative estimate of drug-likeness (QED) is 0.711. The van der Waals surface area contributed by atoms with Crippen LogP contribution in [0.15, 0.2) is 35.9 Å². The molecular weight excluding hydrogens is 348 g/mol. The van der Waals surface area contributed by atoms with Gasteiger partial charge in [-0.15, -0.1) is 0 Å². The molecule has 0 bridgehead atoms. The van der Waals surface area contributed by atoms with E-state index in [0.717, 1.165) is 11.6 Å². The Balaban J connectivity index is 2.06. The highest BCUT2D eigenvalue weighted by molar-refractivity contribution is 6.06. The first kappa shape index (κ1) is 18.6. The second-order valence-corrected chi connectivity index (χ2v) is 6.77. The summed E-state index contributed by atoms with van der Waals surface area (Å²) in [6.45, 7) is 3.97. The Morgan fingerprint density at radius 1 is 1.19 bits per heavy atom. The Morgan fingerprint density at radius 2 is 1.93 bits per heavy atom. The Bertz CT molecular complexity index is 925. The number of phenols is 3. The molecule has 1 aliphatic rings. The smallest absolute Gasteiger partial charge is 0.181 e. The molecule has 0 unspecified atom stereocenters. The van der Waals surface area contributed by atoms with Gasteiger partial charge in [-0.3, -0.25) is 4.79 Å². The first-order valence-electron chi connectivity index (χ1n) is 8.58. The SMILES string of the molecule is COc1cc(O)c(CC=C(C)C)cc1[C@H]1COc2cc(O)cc(O)c2C1=O. The van der Waals surface area contributed by atoms with Gasteiger partial charge in [-0.05, 0) is 31.9 Å². The van der Waals surface area contributed by atoms with Crippen molar-refractivity contribution in [2.24, 2.45) is 0 Å². The number of carbonyl (C=O) groups is 1. The summed E-state index contributed by atoms with van der Waals surface area (Å²) in [7, 11) is 1.46. The molecule has 0 fully saturated rings. The highest BCUT2D eigenvalue weighted by atomic mass is 16.5. The second kappa shape index (κ2) is 7.23. The number of ketones is 1. The fraction of sp³-hybridized carbons (Fsp3) is 0.286. The van der Waals surface area contributed by atoms with Crippen LogP contribution in [0.1, 0.15) is 41.3 Å². The lowest BCUT2D eigenvalue weighted by Crippen LogP contribution is -2.26. The molecule has 27 heavy (non-hydrogen) atoms. The van der Waals surface area contributed by atoms with Gasteiger partial charge >= 0.3 is 0 Å². The summed E-state index contributed by atoms with van der Waals surface area (Å²) in [5, 5.41) is 30.0. The molecule has 142 valence electrons. The number of Topliss-reactive ketones (excluding diaryl/α,β-unsaturated/α-hetero) is 1. The van der Waals surface area contributed by atoms with Gasteiger partial charge in [-0.25, -0.2) is 0 Å². The van der Waals surface area contributed by atoms with Gasteiger partial charge < -0.3 is 24.8 Å². The highest BCUT2D eigenvalue weighted by Crippen LogP contribution is 2.43. The number of allylic oxidation sites excluding steroid dienone is 2. The fourth-order valence-corrected chi connectivity index (χ4v) is 3.16. The third-order valence-corrected chi connectivity index (χ3v) is 4.57. The summed E-state index contributed by atoms with van der Waals surface area (Å²) in [5.41, 5.74) is 2.39. The molecule has 3 rings (SSSR count). The zero-order valence-electron chi connectivity index (χ0n) is 15.4. The number of fused-ring (bicyclic) bond motifs is 1. The molecule has 0 radical (unpaired) electrons. The minimum absolute atomic E-state index is 0.0324. The van der Waals surface area contributed by atoms with Gasteiger partial charge in [0.05, 0.1) is 13.0 Å². The zero-order valence-corrected chi connectivity index (χ0v) is 15.4. The van der Waals surface area contributed by atoms with Gasteiger partial charge in [0.1, 0.15) is 40.9 Å². The van der Waals surface area contributed by atoms with E-state index in [1.54, 1.807) is 6.07 Å². The molecular formula is C21H22O6. The first-order chi connectivity index (χ1) is 12.8. The molecule has 6 nitrogen and oxygen atoms in total. The average Bonchev–Trinajstić information content (AvgIpc) is 2.60. The molecule has 1 heterocycles. The van der Waals surface area contributed by atoms with Crippen LogP contribution in [0, 0.1) is 0 Å². The lowest BCUT2D eigenvalue weighted by Gasteiger charge is -2.26. The number of ether oxygens (including phenoxy) is 2. The Kier molecular flexibility index (Phi) is 4.99. The Labute approximate surface area is 157 Å². The first-order valence-corrected chi connectivity index (χ1v) is 8.58. The van der Waals surface area contributed by atoms with E-state index in [2.05, 4.69) is 0 Å². The van der Waals surface area contributed by atoms with Crippen molar-refractivity contribution in [3.8, 4) is 28.7 Å². The molecule has 6 heteroatoms. The lowest BCUT2D eigenvalue weighted by atomic mass is 9.86. The second-order valence-electron chi connectivity index (χ2n) is 6.77. The molecule has 0 aromatic heterocycles. The minimum atomic E-state index is -0.700. The van der Waals surface area contributed by atoms with Crippen LogP contribution in [0.2, 0.25) is 0 Å². The largest absolute Gasteiger partial charge is 0.508 e. The summed E-state index contributed by atoms with van der Waals surface area (Å²) < 4.78 is 11.0. The van der Waals surface area contributed by atoms with Crippen molar-refractivity contribution in [2.45, 2.75) is 26.2 Å². The number of methoxy groups -OCH3 is 1. The molecule has 3 N–H and O–H groups in total. The van der Waals surface area contributed by atoms with E-state index >= 15 is 0 Å². The summed E-state index contributed by atoms with van der Waals surface area (Å²) >= 11 is 0. The van der Waals surface area contributed by atoms with Crippen molar-refractivity contribution in [3.63, 3.8) is 0 Å². The number of rotatable bonds is 4. The molecule has 0 amide bonds. The summed E-state index contributed by atoms with van der Waals surface area (Å²) in [5.74, 6) is -0.926. The van der Waals surface area contributed by atoms with E-state index in [9.17, 15) is 20.1 Å². The van der Waals surface area contributed by atoms with Crippen LogP contribution in [0.4, 0.5) is 0 Å². The fourth-order valence-electron chi connectivity index (χ4n) is 3.16. The van der Waals surface area contributed by atoms with E-state index in [1.165, 1.54) is 19.2 Å². The van der Waals surface area contributed by atoms with Crippen LogP contribution in [-0.2, 0) is 6.42 Å². The number of phenolic OH excluding ortho intramolecular Hbond substituents is 3. The topological polar surface area (TPSA) is 96.2 Å². The number of carbonyl (C=O) groups excluding carboxylic acids is 1. The Morgan fingerprint density at radius 3 is 2.59 bits per heavy atom. The summed E-state index contributed by atoms with van der Waals surface area (Å²) in [4.78, 5) is 13.0. The van der Waals surface area contributed by atoms with E-state index in [-0.39, 0.29) is 41.0 Å². The predicted octanol–water partition coefficient (Wildman–Crippen LogP) is 3.68. The number of benzene rings is 2. The van der Waals surface area contributed by atoms with Crippen molar-refractivity contribution in [1.82, 2.24) is 0 Å². The van der Waals surface area contributed by atoms with E-state index in [0.29, 0.717) is 23.3 Å². The highest BCUT2D eigenvalue weighted by Gasteiger charge is 2.35. The van der Waals surface area contributed by atoms with Crippen LogP contribution >= 0.6 is 0 Å². The van der Waals surface area contributed by atoms with Crippen molar-refractivity contribution in [1.29, 1.82) is 0 Å². The molecule has 1 aliphatic heterocycles. The van der Waals surface area contributed by atoms with Crippen LogP contribution in [0.25, 0.3) is 0 Å². The molecule has 0 aliphatic carbocycles. The standard InChI is InChI=1S/C21H22O6/c1-11(2)4-5-12-6-14(18(26-3)9-16(12)23)15-10-27-19-8-13(22)7-17(24)20(19)21(15)25/h4,6-9,15,22-24H,5,10H2,1-3H3/t15-/m1/s1. The number of hydrogen-bond acceptors (Lipinski definition) is 6. The van der Waals surface area contributed by atoms with E-state index in [4.69, 9.17) is 9.47 Å². The maximum absolute atomic E-state index is 13.0. The third kappa shape index (κ3) is 3.56. The minimum Gasteiger partial charge on any atom is -0.508 e. The van der Waals surface area contributed by atoms with Crippen molar-refractivity contribution >= 4 is 5.78 Å². The van der Waals surface area contributed by atoms with Crippen molar-refractivity contribution in [2.75, 3.05) is 13.7 Å². The maximum Gasteiger partial charge on any atom is 0.181 e. The van der Waals surface area contributed by atoms with E-state index in [1.807, 2.05) is 19.9 Å². The van der Waals surface area contributed by atoms with Gasteiger partial charge in [0.25, 0.3) is 0 Å². The van der Waals surface area contributed by atoms with Crippen LogP contribution in [0.3, 0.4) is 0 Å². The van der Waals surface area contributed by atoms with Gasteiger partial charge in [0, 0.05) is 23.8 Å². The van der Waals surface area contributed by atoms with Gasteiger partial charge in [-0.2, -0.15) is 0 Å². The summed E-state index contributed by atoms with van der Waals surface area (Å²) in [6.07, 6.45) is 2.50. The maximum atomic E-state index is 13.0. The lowest BCUT2D eigenvalue weighted by molar-refractivity contribution is 0.0890. The van der Waals surface area contributed by atoms with Crippen LogP contribution in [0.5, 0.6) is 28.7 Å². The van der Waals surface area contributed by atoms with Crippen molar-refractivity contribution < 1.29 is 29.6 Å². The van der Waals surface area contributed by atoms with Crippen LogP contribution in [-0.4, -0.2) is 34.8 Å². The molecule has 0 saturated heterocycles. The monoisotopic (exact) mass is 370 g/mol. The molecule has 2 aromatic rings. The van der Waals surface area contributed by atoms with Crippen LogP contribution < -0.4 is 9.47 Å². The molecule has 1 atom stereocenters. The third-order valence-electron chi connectivity index (χ3n) is 4.57. The zero-order chi connectivity index (χ0) is 19.7. The number of aromatic hydroxyl groups is 3. The molecule has 0 spiro atoms. The van der Waals surface area contributed by atoms with Crippen molar-refractivity contribution in [3.05, 3.63) is 52.6 Å². The Hall–Kier alpha value is -3.15. The van der Waals surface area contributed by atoms with Gasteiger partial charge in [0.2, 0.25) is 0 Å². The predicted molar refractivity (Wildman–Crippen MR) is 100 cm³/mol. The normalized spacial score (nSPS) is 15.7. The molecule has 0 saturated carbocycles. The van der Waals surface area contributed by atoms with Gasteiger partial charge in [0.15, 0.2) is 5.78 Å². The number of hydrogen-bond donors (Lipinski definition) is 3.